The lowest BCUT2D eigenvalue weighted by Crippen LogP contribution is -2.22. The summed E-state index contributed by atoms with van der Waals surface area (Å²) >= 11 is 1.37. The molecule has 0 aromatic carbocycles. The molecule has 0 unspecified atom stereocenters. The van der Waals surface area contributed by atoms with Crippen LogP contribution in [-0.2, 0) is 9.47 Å². The van der Waals surface area contributed by atoms with Crippen LogP contribution >= 0.6 is 11.3 Å². The third-order valence-electron chi connectivity index (χ3n) is 2.50. The van der Waals surface area contributed by atoms with Gasteiger partial charge in [0.15, 0.2) is 0 Å². The predicted octanol–water partition coefficient (Wildman–Crippen LogP) is 1.54. The van der Waals surface area contributed by atoms with Gasteiger partial charge in [0.05, 0.1) is 23.9 Å². The largest absolute Gasteiger partial charge is 0.397 e. The SMILES string of the molecule is CCNC(=O)c1sc(NCCCOCCOC)cc1N. The molecule has 0 atom stereocenters. The lowest BCUT2D eigenvalue weighted by molar-refractivity contribution is 0.0705. The molecule has 0 saturated carbocycles. The molecule has 4 N–H and O–H groups in total. The number of hydrogen-bond donors (Lipinski definition) is 3. The number of rotatable bonds is 10. The number of methoxy groups -OCH3 is 1. The molecule has 0 aliphatic rings. The third-order valence-corrected chi connectivity index (χ3v) is 3.61. The van der Waals surface area contributed by atoms with E-state index >= 15 is 0 Å². The molecule has 7 heteroatoms. The number of hydrogen-bond acceptors (Lipinski definition) is 6. The molecule has 0 saturated heterocycles. The summed E-state index contributed by atoms with van der Waals surface area (Å²) in [6.45, 7) is 5.17. The van der Waals surface area contributed by atoms with Gasteiger partial charge < -0.3 is 25.8 Å². The van der Waals surface area contributed by atoms with Gasteiger partial charge in [-0.05, 0) is 19.4 Å². The maximum Gasteiger partial charge on any atom is 0.263 e. The Kier molecular flexibility index (Phi) is 8.01. The number of anilines is 2. The van der Waals surface area contributed by atoms with Crippen molar-refractivity contribution in [1.82, 2.24) is 5.32 Å². The average molecular weight is 301 g/mol. The molecule has 0 fully saturated rings. The van der Waals surface area contributed by atoms with Gasteiger partial charge in [0.25, 0.3) is 5.91 Å². The zero-order chi connectivity index (χ0) is 14.8. The van der Waals surface area contributed by atoms with Crippen LogP contribution in [0.15, 0.2) is 6.07 Å². The van der Waals surface area contributed by atoms with E-state index in [4.69, 9.17) is 15.2 Å². The van der Waals surface area contributed by atoms with E-state index in [2.05, 4.69) is 10.6 Å². The Morgan fingerprint density at radius 1 is 1.40 bits per heavy atom. The van der Waals surface area contributed by atoms with Crippen LogP contribution in [-0.4, -0.2) is 45.9 Å². The molecule has 20 heavy (non-hydrogen) atoms. The van der Waals surface area contributed by atoms with Crippen molar-refractivity contribution in [2.75, 3.05) is 51.1 Å². The van der Waals surface area contributed by atoms with Crippen LogP contribution in [0.25, 0.3) is 0 Å². The number of nitrogen functional groups attached to an aromatic ring is 1. The van der Waals surface area contributed by atoms with Crippen molar-refractivity contribution in [1.29, 1.82) is 0 Å². The zero-order valence-corrected chi connectivity index (χ0v) is 12.8. The van der Waals surface area contributed by atoms with Gasteiger partial charge in [-0.15, -0.1) is 11.3 Å². The standard InChI is InChI=1S/C13H23N3O3S/c1-3-15-13(17)12-10(14)9-11(20-12)16-5-4-6-19-8-7-18-2/h9,16H,3-8,14H2,1-2H3,(H,15,17). The van der Waals surface area contributed by atoms with E-state index in [0.29, 0.717) is 36.9 Å². The second-order valence-electron chi connectivity index (χ2n) is 4.14. The molecule has 1 aromatic heterocycles. The maximum atomic E-state index is 11.7. The number of nitrogens with two attached hydrogens (primary N) is 1. The molecular weight excluding hydrogens is 278 g/mol. The molecule has 0 bridgehead atoms. The van der Waals surface area contributed by atoms with E-state index in [0.717, 1.165) is 18.0 Å². The van der Waals surface area contributed by atoms with Crippen molar-refractivity contribution in [3.05, 3.63) is 10.9 Å². The fraction of sp³-hybridized carbons (Fsp3) is 0.615. The smallest absolute Gasteiger partial charge is 0.263 e. The second-order valence-corrected chi connectivity index (χ2v) is 5.19. The molecule has 1 aromatic rings. The number of carbonyl (C=O) groups excluding carboxylic acids is 1. The molecule has 6 nitrogen and oxygen atoms in total. The Bertz CT molecular complexity index is 410. The Hall–Kier alpha value is -1.31. The van der Waals surface area contributed by atoms with Crippen molar-refractivity contribution in [3.8, 4) is 0 Å². The van der Waals surface area contributed by atoms with E-state index in [1.54, 1.807) is 13.2 Å². The minimum Gasteiger partial charge on any atom is -0.397 e. The predicted molar refractivity (Wildman–Crippen MR) is 82.5 cm³/mol. The van der Waals surface area contributed by atoms with Gasteiger partial charge in [-0.2, -0.15) is 0 Å². The summed E-state index contributed by atoms with van der Waals surface area (Å²) < 4.78 is 10.2. The van der Waals surface area contributed by atoms with Crippen molar-refractivity contribution in [2.24, 2.45) is 0 Å². The van der Waals surface area contributed by atoms with Crippen LogP contribution < -0.4 is 16.4 Å². The van der Waals surface area contributed by atoms with Gasteiger partial charge in [0.1, 0.15) is 4.88 Å². The Labute approximate surface area is 123 Å². The lowest BCUT2D eigenvalue weighted by atomic mass is 10.3. The normalized spacial score (nSPS) is 10.5. The Balaban J connectivity index is 2.27. The fourth-order valence-electron chi connectivity index (χ4n) is 1.54. The van der Waals surface area contributed by atoms with Gasteiger partial charge in [-0.25, -0.2) is 0 Å². The first-order valence-electron chi connectivity index (χ1n) is 6.67. The highest BCUT2D eigenvalue weighted by molar-refractivity contribution is 7.18. The average Bonchev–Trinajstić information content (AvgIpc) is 2.79. The highest BCUT2D eigenvalue weighted by Crippen LogP contribution is 2.28. The topological polar surface area (TPSA) is 85.6 Å². The van der Waals surface area contributed by atoms with Crippen LogP contribution in [0.2, 0.25) is 0 Å². The van der Waals surface area contributed by atoms with Gasteiger partial charge in [0.2, 0.25) is 0 Å². The van der Waals surface area contributed by atoms with Gasteiger partial charge in [-0.3, -0.25) is 4.79 Å². The van der Waals surface area contributed by atoms with Crippen LogP contribution in [0.5, 0.6) is 0 Å². The van der Waals surface area contributed by atoms with E-state index < -0.39 is 0 Å². The van der Waals surface area contributed by atoms with Crippen molar-refractivity contribution in [3.63, 3.8) is 0 Å². The number of nitrogens with one attached hydrogen (secondary N) is 2. The minimum atomic E-state index is -0.119. The first kappa shape index (κ1) is 16.7. The Morgan fingerprint density at radius 2 is 2.20 bits per heavy atom. The highest BCUT2D eigenvalue weighted by atomic mass is 32.1. The number of amides is 1. The van der Waals surface area contributed by atoms with Crippen LogP contribution in [0, 0.1) is 0 Å². The summed E-state index contributed by atoms with van der Waals surface area (Å²) in [6.07, 6.45) is 0.887. The minimum absolute atomic E-state index is 0.119. The van der Waals surface area contributed by atoms with Gasteiger partial charge in [0, 0.05) is 26.8 Å². The number of thiophene rings is 1. The molecule has 1 rings (SSSR count). The molecule has 0 spiro atoms. The lowest BCUT2D eigenvalue weighted by Gasteiger charge is -2.04. The van der Waals surface area contributed by atoms with Crippen molar-refractivity contribution in [2.45, 2.75) is 13.3 Å². The van der Waals surface area contributed by atoms with Crippen LogP contribution in [0.1, 0.15) is 23.0 Å². The van der Waals surface area contributed by atoms with Gasteiger partial charge >= 0.3 is 0 Å². The molecule has 1 heterocycles. The monoisotopic (exact) mass is 301 g/mol. The van der Waals surface area contributed by atoms with E-state index in [-0.39, 0.29) is 5.91 Å². The first-order valence-corrected chi connectivity index (χ1v) is 7.48. The summed E-state index contributed by atoms with van der Waals surface area (Å²) in [5.74, 6) is -0.119. The van der Waals surface area contributed by atoms with Crippen LogP contribution in [0.3, 0.4) is 0 Å². The summed E-state index contributed by atoms with van der Waals surface area (Å²) in [6, 6.07) is 1.79. The fourth-order valence-corrected chi connectivity index (χ4v) is 2.46. The van der Waals surface area contributed by atoms with E-state index in [1.165, 1.54) is 11.3 Å². The van der Waals surface area contributed by atoms with Crippen LogP contribution in [0.4, 0.5) is 10.7 Å². The number of ether oxygens (including phenoxy) is 2. The van der Waals surface area contributed by atoms with Crippen molar-refractivity contribution < 1.29 is 14.3 Å². The highest BCUT2D eigenvalue weighted by Gasteiger charge is 2.13. The quantitative estimate of drug-likeness (QED) is 0.571. The van der Waals surface area contributed by atoms with E-state index in [9.17, 15) is 4.79 Å². The molecule has 0 radical (unpaired) electrons. The second kappa shape index (κ2) is 9.57. The maximum absolute atomic E-state index is 11.7. The zero-order valence-electron chi connectivity index (χ0n) is 12.0. The van der Waals surface area contributed by atoms with Gasteiger partial charge in [-0.1, -0.05) is 0 Å². The third kappa shape index (κ3) is 5.77. The Morgan fingerprint density at radius 3 is 2.90 bits per heavy atom. The molecule has 0 aliphatic carbocycles. The first-order chi connectivity index (χ1) is 9.69. The molecule has 1 amide bonds. The summed E-state index contributed by atoms with van der Waals surface area (Å²) in [4.78, 5) is 12.3. The summed E-state index contributed by atoms with van der Waals surface area (Å²) in [5, 5.41) is 6.89. The molecular formula is C13H23N3O3S. The molecule has 0 aliphatic heterocycles. The van der Waals surface area contributed by atoms with E-state index in [1.807, 2.05) is 6.92 Å². The summed E-state index contributed by atoms with van der Waals surface area (Å²) in [5.41, 5.74) is 6.34. The van der Waals surface area contributed by atoms with Crippen molar-refractivity contribution >= 4 is 27.9 Å². The molecule has 114 valence electrons. The summed E-state index contributed by atoms with van der Waals surface area (Å²) in [7, 11) is 1.65. The number of carbonyl (C=O) groups is 1.